The number of carbonyl (C=O) groups is 1. The highest BCUT2D eigenvalue weighted by Gasteiger charge is 2.43. The van der Waals surface area contributed by atoms with E-state index in [4.69, 9.17) is 16.3 Å². The largest absolute Gasteiger partial charge is 0.497 e. The molecule has 1 aromatic heterocycles. The van der Waals surface area contributed by atoms with Crippen molar-refractivity contribution in [3.8, 4) is 11.4 Å². The molecule has 2 aromatic carbocycles. The minimum atomic E-state index is -2.43. The quantitative estimate of drug-likeness (QED) is 0.611. The Labute approximate surface area is 183 Å². The van der Waals surface area contributed by atoms with E-state index in [9.17, 15) is 4.79 Å². The number of methoxy groups -OCH3 is 1. The molecular formula is C22H21ClFN5O2. The Balaban J connectivity index is 2.02. The number of hydrogen-bond acceptors (Lipinski definition) is 5. The second kappa shape index (κ2) is 8.11. The van der Waals surface area contributed by atoms with Crippen molar-refractivity contribution in [1.82, 2.24) is 20.1 Å². The molecule has 0 bridgehead atoms. The van der Waals surface area contributed by atoms with Gasteiger partial charge in [-0.3, -0.25) is 9.36 Å². The highest BCUT2D eigenvalue weighted by atomic mass is 35.5. The molecule has 0 aliphatic carbocycles. The van der Waals surface area contributed by atoms with Gasteiger partial charge in [0.1, 0.15) is 11.6 Å². The summed E-state index contributed by atoms with van der Waals surface area (Å²) in [5, 5.41) is 11.3. The molecule has 1 aliphatic rings. The lowest BCUT2D eigenvalue weighted by Gasteiger charge is -2.19. The summed E-state index contributed by atoms with van der Waals surface area (Å²) in [5.41, 5.74) is 2.28. The van der Waals surface area contributed by atoms with E-state index in [0.717, 1.165) is 0 Å². The molecule has 0 saturated carbocycles. The molecule has 9 heteroatoms. The van der Waals surface area contributed by atoms with Gasteiger partial charge in [-0.2, -0.15) is 0 Å². The monoisotopic (exact) mass is 441 g/mol. The molecule has 1 amide bonds. The SMILES string of the molecule is CCNC(=O)CC1(F)N=C(c2ccc(Cl)cc2)c2cc(OC)ccc2-n2c(C)nnc21. The maximum atomic E-state index is 16.5. The fourth-order valence-corrected chi connectivity index (χ4v) is 3.76. The predicted octanol–water partition coefficient (Wildman–Crippen LogP) is 3.74. The normalized spacial score (nSPS) is 17.3. The molecule has 1 N–H and O–H groups in total. The second-order valence-corrected chi connectivity index (χ2v) is 7.58. The van der Waals surface area contributed by atoms with Crippen molar-refractivity contribution in [1.29, 1.82) is 0 Å². The summed E-state index contributed by atoms with van der Waals surface area (Å²) in [4.78, 5) is 16.9. The van der Waals surface area contributed by atoms with Gasteiger partial charge in [0.05, 0.1) is 24.9 Å². The number of alkyl halides is 1. The average Bonchev–Trinajstić information content (AvgIpc) is 3.10. The van der Waals surface area contributed by atoms with Gasteiger partial charge in [0.2, 0.25) is 5.91 Å². The number of hydrogen-bond donors (Lipinski definition) is 1. The summed E-state index contributed by atoms with van der Waals surface area (Å²) in [7, 11) is 1.56. The van der Waals surface area contributed by atoms with Crippen molar-refractivity contribution >= 4 is 23.2 Å². The third kappa shape index (κ3) is 3.79. The number of amides is 1. The number of fused-ring (bicyclic) bond motifs is 3. The van der Waals surface area contributed by atoms with Crippen LogP contribution in [0.15, 0.2) is 47.5 Å². The molecule has 2 heterocycles. The number of benzene rings is 2. The Morgan fingerprint density at radius 3 is 2.65 bits per heavy atom. The number of aliphatic imine (C=N–C) groups is 1. The van der Waals surface area contributed by atoms with E-state index in [1.807, 2.05) is 0 Å². The van der Waals surface area contributed by atoms with Crippen molar-refractivity contribution in [2.75, 3.05) is 13.7 Å². The number of nitrogens with zero attached hydrogens (tertiary/aromatic N) is 4. The third-order valence-electron chi connectivity index (χ3n) is 5.04. The molecule has 31 heavy (non-hydrogen) atoms. The zero-order valence-corrected chi connectivity index (χ0v) is 18.1. The summed E-state index contributed by atoms with van der Waals surface area (Å²) in [6.45, 7) is 3.88. The fraction of sp³-hybridized carbons (Fsp3) is 0.273. The Morgan fingerprint density at radius 1 is 1.23 bits per heavy atom. The molecule has 7 nitrogen and oxygen atoms in total. The maximum absolute atomic E-state index is 16.5. The Morgan fingerprint density at radius 2 is 1.97 bits per heavy atom. The number of nitrogens with one attached hydrogen (secondary N) is 1. The van der Waals surface area contributed by atoms with Crippen LogP contribution in [0.25, 0.3) is 5.69 Å². The minimum Gasteiger partial charge on any atom is -0.497 e. The lowest BCUT2D eigenvalue weighted by atomic mass is 10.00. The van der Waals surface area contributed by atoms with Crippen LogP contribution in [0.2, 0.25) is 5.02 Å². The van der Waals surface area contributed by atoms with Crippen LogP contribution in [0.3, 0.4) is 0 Å². The lowest BCUT2D eigenvalue weighted by molar-refractivity contribution is -0.124. The van der Waals surface area contributed by atoms with Crippen LogP contribution in [0.5, 0.6) is 5.75 Å². The van der Waals surface area contributed by atoms with E-state index < -0.39 is 18.1 Å². The fourth-order valence-electron chi connectivity index (χ4n) is 3.63. The van der Waals surface area contributed by atoms with Gasteiger partial charge in [0.15, 0.2) is 5.82 Å². The molecule has 4 rings (SSSR count). The summed E-state index contributed by atoms with van der Waals surface area (Å²) in [6, 6.07) is 12.3. The third-order valence-corrected chi connectivity index (χ3v) is 5.29. The van der Waals surface area contributed by atoms with Gasteiger partial charge in [0.25, 0.3) is 5.79 Å². The van der Waals surface area contributed by atoms with Crippen LogP contribution in [0.4, 0.5) is 4.39 Å². The predicted molar refractivity (Wildman–Crippen MR) is 116 cm³/mol. The summed E-state index contributed by atoms with van der Waals surface area (Å²) in [5.74, 6) is -1.89. The first kappa shape index (κ1) is 21.0. The van der Waals surface area contributed by atoms with Crippen LogP contribution >= 0.6 is 11.6 Å². The van der Waals surface area contributed by atoms with Crippen molar-refractivity contribution in [3.63, 3.8) is 0 Å². The molecule has 3 aromatic rings. The van der Waals surface area contributed by atoms with Gasteiger partial charge < -0.3 is 10.1 Å². The maximum Gasteiger partial charge on any atom is 0.269 e. The van der Waals surface area contributed by atoms with Crippen molar-refractivity contribution in [2.45, 2.75) is 26.1 Å². The van der Waals surface area contributed by atoms with E-state index >= 15 is 4.39 Å². The number of halogens is 2. The zero-order valence-electron chi connectivity index (χ0n) is 17.3. The van der Waals surface area contributed by atoms with Crippen LogP contribution in [-0.2, 0) is 10.6 Å². The van der Waals surface area contributed by atoms with Crippen LogP contribution in [0, 0.1) is 6.92 Å². The Kier molecular flexibility index (Phi) is 5.49. The molecule has 1 atom stereocenters. The Hall–Kier alpha value is -3.26. The molecule has 0 radical (unpaired) electrons. The number of ether oxygens (including phenoxy) is 1. The molecule has 160 valence electrons. The Bertz CT molecular complexity index is 1180. The van der Waals surface area contributed by atoms with Crippen LogP contribution in [-0.4, -0.2) is 40.0 Å². The van der Waals surface area contributed by atoms with Crippen LogP contribution < -0.4 is 10.1 Å². The molecule has 0 saturated heterocycles. The van der Waals surface area contributed by atoms with Gasteiger partial charge >= 0.3 is 0 Å². The van der Waals surface area contributed by atoms with Gasteiger partial charge in [-0.15, -0.1) is 10.2 Å². The summed E-state index contributed by atoms with van der Waals surface area (Å²) < 4.78 is 23.5. The number of aryl methyl sites for hydroxylation is 1. The highest BCUT2D eigenvalue weighted by molar-refractivity contribution is 6.30. The number of aromatic nitrogens is 3. The first-order valence-corrected chi connectivity index (χ1v) is 10.2. The van der Waals surface area contributed by atoms with Crippen molar-refractivity contribution < 1.29 is 13.9 Å². The van der Waals surface area contributed by atoms with E-state index in [2.05, 4.69) is 20.5 Å². The lowest BCUT2D eigenvalue weighted by Crippen LogP contribution is -2.33. The molecule has 0 fully saturated rings. The number of carbonyl (C=O) groups excluding carboxylic acids is 1. The highest BCUT2D eigenvalue weighted by Crippen LogP contribution is 2.39. The standard InChI is InChI=1S/C22H21ClFN5O2/c1-4-25-19(30)12-22(24)21-28-27-13(2)29(21)18-10-9-16(31-3)11-17(18)20(26-22)14-5-7-15(23)8-6-14/h5-11H,4,12H2,1-3H3,(H,25,30). The van der Waals surface area contributed by atoms with Gasteiger partial charge in [0, 0.05) is 22.7 Å². The topological polar surface area (TPSA) is 81.4 Å². The van der Waals surface area contributed by atoms with E-state index in [-0.39, 0.29) is 5.82 Å². The smallest absolute Gasteiger partial charge is 0.269 e. The van der Waals surface area contributed by atoms with Crippen molar-refractivity contribution in [2.24, 2.45) is 4.99 Å². The second-order valence-electron chi connectivity index (χ2n) is 7.15. The summed E-state index contributed by atoms with van der Waals surface area (Å²) >= 11 is 6.06. The van der Waals surface area contributed by atoms with Gasteiger partial charge in [-0.05, 0) is 44.2 Å². The molecule has 1 aliphatic heterocycles. The molecular weight excluding hydrogens is 421 g/mol. The summed E-state index contributed by atoms with van der Waals surface area (Å²) in [6.07, 6.45) is -0.527. The average molecular weight is 442 g/mol. The van der Waals surface area contributed by atoms with E-state index in [1.165, 1.54) is 0 Å². The van der Waals surface area contributed by atoms with E-state index in [0.29, 0.717) is 45.7 Å². The van der Waals surface area contributed by atoms with Gasteiger partial charge in [-0.25, -0.2) is 9.38 Å². The van der Waals surface area contributed by atoms with Crippen molar-refractivity contribution in [3.05, 3.63) is 70.3 Å². The van der Waals surface area contributed by atoms with Gasteiger partial charge in [-0.1, -0.05) is 23.7 Å². The van der Waals surface area contributed by atoms with E-state index in [1.54, 1.807) is 68.0 Å². The first-order valence-electron chi connectivity index (χ1n) is 9.79. The zero-order chi connectivity index (χ0) is 22.2. The first-order chi connectivity index (χ1) is 14.9. The van der Waals surface area contributed by atoms with Crippen LogP contribution in [0.1, 0.15) is 36.1 Å². The number of rotatable bonds is 5. The minimum absolute atomic E-state index is 0.0494. The molecule has 1 unspecified atom stereocenters. The molecule has 0 spiro atoms.